The summed E-state index contributed by atoms with van der Waals surface area (Å²) < 4.78 is 1.32. The molecule has 1 nitrogen and oxygen atoms in total. The lowest BCUT2D eigenvalue weighted by molar-refractivity contribution is 0.229. The summed E-state index contributed by atoms with van der Waals surface area (Å²) in [6.07, 6.45) is 8.22. The lowest BCUT2D eigenvalue weighted by Gasteiger charge is -2.31. The van der Waals surface area contributed by atoms with E-state index in [1.54, 1.807) is 4.88 Å². The van der Waals surface area contributed by atoms with Crippen molar-refractivity contribution in [3.8, 4) is 0 Å². The van der Waals surface area contributed by atoms with Crippen LogP contribution in [0.4, 0.5) is 0 Å². The van der Waals surface area contributed by atoms with Crippen LogP contribution in [0.3, 0.4) is 0 Å². The second-order valence-electron chi connectivity index (χ2n) is 5.40. The second kappa shape index (κ2) is 7.66. The third-order valence-electron chi connectivity index (χ3n) is 4.04. The van der Waals surface area contributed by atoms with Gasteiger partial charge < -0.3 is 5.32 Å². The molecule has 18 heavy (non-hydrogen) atoms. The van der Waals surface area contributed by atoms with Gasteiger partial charge in [0.1, 0.15) is 0 Å². The summed E-state index contributed by atoms with van der Waals surface area (Å²) in [5.41, 5.74) is 0. The van der Waals surface area contributed by atoms with Crippen LogP contribution in [0.15, 0.2) is 15.9 Å². The molecule has 102 valence electrons. The molecule has 0 saturated heterocycles. The first-order valence-corrected chi connectivity index (χ1v) is 8.91. The topological polar surface area (TPSA) is 12.0 Å². The summed E-state index contributed by atoms with van der Waals surface area (Å²) in [7, 11) is 0. The van der Waals surface area contributed by atoms with Crippen molar-refractivity contribution >= 4 is 27.3 Å². The van der Waals surface area contributed by atoms with Crippen molar-refractivity contribution in [1.29, 1.82) is 0 Å². The summed E-state index contributed by atoms with van der Waals surface area (Å²) in [4.78, 5) is 1.54. The quantitative estimate of drug-likeness (QED) is 0.735. The molecule has 2 unspecified atom stereocenters. The minimum absolute atomic E-state index is 0.887. The van der Waals surface area contributed by atoms with Crippen molar-refractivity contribution in [3.63, 3.8) is 0 Å². The third-order valence-corrected chi connectivity index (χ3v) is 5.99. The van der Waals surface area contributed by atoms with E-state index in [1.807, 2.05) is 11.3 Å². The molecule has 1 aliphatic carbocycles. The highest BCUT2D eigenvalue weighted by Gasteiger charge is 2.25. The molecule has 0 bridgehead atoms. The first kappa shape index (κ1) is 14.5. The third kappa shape index (κ3) is 4.07. The minimum atomic E-state index is 0.887. The lowest BCUT2D eigenvalue weighted by Crippen LogP contribution is -2.32. The van der Waals surface area contributed by atoms with E-state index in [9.17, 15) is 0 Å². The van der Waals surface area contributed by atoms with Gasteiger partial charge in [-0.2, -0.15) is 0 Å². The van der Waals surface area contributed by atoms with Gasteiger partial charge in [0.05, 0.1) is 0 Å². The lowest BCUT2D eigenvalue weighted by atomic mass is 9.77. The smallest absolute Gasteiger partial charge is 0.0314 e. The summed E-state index contributed by atoms with van der Waals surface area (Å²) in [6.45, 7) is 4.64. The molecule has 2 rings (SSSR count). The summed E-state index contributed by atoms with van der Waals surface area (Å²) >= 11 is 5.58. The largest absolute Gasteiger partial charge is 0.316 e. The summed E-state index contributed by atoms with van der Waals surface area (Å²) in [6, 6.07) is 2.19. The van der Waals surface area contributed by atoms with E-state index in [0.717, 1.165) is 11.8 Å². The van der Waals surface area contributed by atoms with Gasteiger partial charge in [0.15, 0.2) is 0 Å². The van der Waals surface area contributed by atoms with Crippen molar-refractivity contribution in [2.45, 2.75) is 45.4 Å². The van der Waals surface area contributed by atoms with Crippen molar-refractivity contribution in [1.82, 2.24) is 5.32 Å². The first-order valence-electron chi connectivity index (χ1n) is 7.23. The van der Waals surface area contributed by atoms with Crippen LogP contribution in [0.2, 0.25) is 0 Å². The highest BCUT2D eigenvalue weighted by molar-refractivity contribution is 9.10. The van der Waals surface area contributed by atoms with Crippen LogP contribution < -0.4 is 5.32 Å². The molecule has 0 aromatic carbocycles. The minimum Gasteiger partial charge on any atom is -0.316 e. The molecule has 0 spiro atoms. The van der Waals surface area contributed by atoms with E-state index in [4.69, 9.17) is 0 Å². The zero-order chi connectivity index (χ0) is 12.8. The zero-order valence-corrected chi connectivity index (χ0v) is 13.7. The number of hydrogen-bond donors (Lipinski definition) is 1. The number of hydrogen-bond acceptors (Lipinski definition) is 2. The van der Waals surface area contributed by atoms with Crippen LogP contribution in [0.25, 0.3) is 0 Å². The summed E-state index contributed by atoms with van der Waals surface area (Å²) in [5.74, 6) is 1.78. The molecule has 2 atom stereocenters. The average Bonchev–Trinajstić information content (AvgIpc) is 2.78. The van der Waals surface area contributed by atoms with Crippen LogP contribution in [0.5, 0.6) is 0 Å². The number of rotatable bonds is 6. The Hall–Kier alpha value is 0.140. The van der Waals surface area contributed by atoms with Gasteiger partial charge >= 0.3 is 0 Å². The van der Waals surface area contributed by atoms with Crippen molar-refractivity contribution < 1.29 is 0 Å². The molecule has 0 radical (unpaired) electrons. The number of thiophene rings is 1. The molecule has 0 aliphatic heterocycles. The van der Waals surface area contributed by atoms with E-state index in [1.165, 1.54) is 56.1 Å². The van der Waals surface area contributed by atoms with Gasteiger partial charge in [0, 0.05) is 9.35 Å². The van der Waals surface area contributed by atoms with Gasteiger partial charge in [-0.15, -0.1) is 11.3 Å². The normalized spacial score (nSPS) is 24.3. The molecule has 3 heteroatoms. The monoisotopic (exact) mass is 329 g/mol. The summed E-state index contributed by atoms with van der Waals surface area (Å²) in [5, 5.41) is 5.82. The van der Waals surface area contributed by atoms with Crippen LogP contribution in [-0.4, -0.2) is 13.1 Å². The van der Waals surface area contributed by atoms with E-state index in [2.05, 4.69) is 39.6 Å². The molecule has 1 fully saturated rings. The maximum atomic E-state index is 3.67. The Labute approximate surface area is 123 Å². The van der Waals surface area contributed by atoms with E-state index < -0.39 is 0 Å². The van der Waals surface area contributed by atoms with Gasteiger partial charge in [-0.25, -0.2) is 0 Å². The highest BCUT2D eigenvalue weighted by Crippen LogP contribution is 2.35. The van der Waals surface area contributed by atoms with Gasteiger partial charge in [-0.3, -0.25) is 0 Å². The molecule has 1 aromatic rings. The van der Waals surface area contributed by atoms with E-state index in [0.29, 0.717) is 0 Å². The Morgan fingerprint density at radius 2 is 2.11 bits per heavy atom. The Bertz CT molecular complexity index is 350. The fraction of sp³-hybridized carbons (Fsp3) is 0.733. The predicted molar refractivity (Wildman–Crippen MR) is 84.3 cm³/mol. The fourth-order valence-electron chi connectivity index (χ4n) is 3.00. The molecular weight excluding hydrogens is 306 g/mol. The number of halogens is 1. The van der Waals surface area contributed by atoms with Crippen molar-refractivity contribution in [3.05, 3.63) is 20.8 Å². The van der Waals surface area contributed by atoms with Crippen molar-refractivity contribution in [2.75, 3.05) is 13.1 Å². The van der Waals surface area contributed by atoms with E-state index in [-0.39, 0.29) is 0 Å². The van der Waals surface area contributed by atoms with Crippen LogP contribution in [0, 0.1) is 11.8 Å². The molecule has 1 heterocycles. The maximum absolute atomic E-state index is 3.67. The highest BCUT2D eigenvalue weighted by atomic mass is 79.9. The molecule has 0 amide bonds. The Morgan fingerprint density at radius 1 is 1.33 bits per heavy atom. The molecule has 1 aliphatic rings. The van der Waals surface area contributed by atoms with Gasteiger partial charge in [0.25, 0.3) is 0 Å². The Kier molecular flexibility index (Phi) is 6.19. The molecule has 1 N–H and O–H groups in total. The van der Waals surface area contributed by atoms with Gasteiger partial charge in [-0.1, -0.05) is 19.8 Å². The Morgan fingerprint density at radius 3 is 2.78 bits per heavy atom. The van der Waals surface area contributed by atoms with Gasteiger partial charge in [0.2, 0.25) is 0 Å². The Balaban J connectivity index is 1.89. The van der Waals surface area contributed by atoms with Crippen LogP contribution in [0.1, 0.15) is 43.9 Å². The van der Waals surface area contributed by atoms with Crippen molar-refractivity contribution in [2.24, 2.45) is 11.8 Å². The first-order chi connectivity index (χ1) is 8.81. The SMILES string of the molecule is CCCNCC1CCCCC1Cc1sccc1Br. The molecular formula is C15H24BrNS. The van der Waals surface area contributed by atoms with Crippen LogP contribution >= 0.6 is 27.3 Å². The van der Waals surface area contributed by atoms with Crippen LogP contribution in [-0.2, 0) is 6.42 Å². The molecule has 1 saturated carbocycles. The van der Waals surface area contributed by atoms with E-state index >= 15 is 0 Å². The number of nitrogens with one attached hydrogen (secondary N) is 1. The maximum Gasteiger partial charge on any atom is 0.0314 e. The average molecular weight is 330 g/mol. The molecule has 1 aromatic heterocycles. The fourth-order valence-corrected chi connectivity index (χ4v) is 4.60. The zero-order valence-electron chi connectivity index (χ0n) is 11.3. The second-order valence-corrected chi connectivity index (χ2v) is 7.26. The van der Waals surface area contributed by atoms with Gasteiger partial charge in [-0.05, 0) is 78.0 Å². The standard InChI is InChI=1S/C15H24BrNS/c1-2-8-17-11-13-6-4-3-5-12(13)10-15-14(16)7-9-18-15/h7,9,12-13,17H,2-6,8,10-11H2,1H3. The predicted octanol–water partition coefficient (Wildman–Crippen LogP) is 4.86.